The van der Waals surface area contributed by atoms with Crippen LogP contribution in [-0.2, 0) is 17.1 Å². The predicted molar refractivity (Wildman–Crippen MR) is 163 cm³/mol. The maximum Gasteiger partial charge on any atom is 2.00 e. The SMILES string of the molecule is Cc1ccc(P(c2ccc(C)o2)C2CCCC2)o1.Cc1ccc(P(c2ccc(C)o2)C2CCCC2)o1.[CH3-].[CH3-].[Fe+2]. The fraction of sp³-hybridized carbons (Fsp3) is 0.438. The Bertz CT molecular complexity index is 1060. The molecule has 0 atom stereocenters. The first-order chi connectivity index (χ1) is 17.5. The van der Waals surface area contributed by atoms with E-state index in [2.05, 4.69) is 48.5 Å². The van der Waals surface area contributed by atoms with E-state index in [9.17, 15) is 0 Å². The Labute approximate surface area is 248 Å². The summed E-state index contributed by atoms with van der Waals surface area (Å²) in [5.74, 6) is 4.00. The number of hydrogen-bond donors (Lipinski definition) is 0. The first kappa shape index (κ1) is 33.7. The second-order valence-corrected chi connectivity index (χ2v) is 14.9. The number of hydrogen-bond acceptors (Lipinski definition) is 4. The van der Waals surface area contributed by atoms with Crippen LogP contribution >= 0.6 is 15.8 Å². The second kappa shape index (κ2) is 15.5. The maximum absolute atomic E-state index is 5.89. The molecule has 0 N–H and O–H groups in total. The van der Waals surface area contributed by atoms with Gasteiger partial charge in [-0.2, -0.15) is 0 Å². The average molecular weight is 610 g/mol. The van der Waals surface area contributed by atoms with Crippen LogP contribution in [0.1, 0.15) is 74.4 Å². The first-order valence-corrected chi connectivity index (χ1v) is 16.1. The summed E-state index contributed by atoms with van der Waals surface area (Å²) in [7, 11) is -0.887. The molecule has 2 saturated carbocycles. The van der Waals surface area contributed by atoms with E-state index in [1.807, 2.05) is 27.7 Å². The maximum atomic E-state index is 5.89. The van der Waals surface area contributed by atoms with E-state index >= 15 is 0 Å². The van der Waals surface area contributed by atoms with Crippen LogP contribution in [0.15, 0.2) is 66.2 Å². The molecule has 39 heavy (non-hydrogen) atoms. The van der Waals surface area contributed by atoms with Crippen LogP contribution in [0.25, 0.3) is 0 Å². The molecule has 7 heteroatoms. The van der Waals surface area contributed by atoms with Crippen LogP contribution < -0.4 is 22.0 Å². The molecule has 0 radical (unpaired) electrons. The van der Waals surface area contributed by atoms with E-state index in [1.54, 1.807) is 0 Å². The Hall–Kier alpha value is -1.50. The molecule has 0 aliphatic heterocycles. The standard InChI is InChI=1S/2C15H19O2P.2CH3.Fe/c2*1-11-7-9-14(16-11)18(13-5-3-4-6-13)15-10-8-12(2)17-15;;;/h2*7-10,13H,3-6H2,1-2H3;2*1H3;/q;;2*-1;+2. The average Bonchev–Trinajstić information content (AvgIpc) is 3.66. The van der Waals surface area contributed by atoms with Crippen molar-refractivity contribution in [2.24, 2.45) is 0 Å². The Morgan fingerprint density at radius 3 is 0.872 bits per heavy atom. The molecule has 0 saturated heterocycles. The van der Waals surface area contributed by atoms with Gasteiger partial charge in [-0.1, -0.05) is 25.7 Å². The minimum absolute atomic E-state index is 0. The monoisotopic (exact) mass is 610 g/mol. The summed E-state index contributed by atoms with van der Waals surface area (Å²) in [4.78, 5) is 0. The quantitative estimate of drug-likeness (QED) is 0.125. The topological polar surface area (TPSA) is 52.6 Å². The minimum atomic E-state index is -0.444. The molecule has 2 fully saturated rings. The molecule has 0 spiro atoms. The molecule has 0 amide bonds. The fourth-order valence-electron chi connectivity index (χ4n) is 5.47. The molecular weight excluding hydrogens is 566 g/mol. The zero-order valence-corrected chi connectivity index (χ0v) is 27.2. The van der Waals surface area contributed by atoms with Gasteiger partial charge in [-0.05, 0) is 113 Å². The van der Waals surface area contributed by atoms with Crippen molar-refractivity contribution < 1.29 is 34.7 Å². The summed E-state index contributed by atoms with van der Waals surface area (Å²) in [6, 6.07) is 16.8. The summed E-state index contributed by atoms with van der Waals surface area (Å²) < 4.78 is 23.6. The van der Waals surface area contributed by atoms with Crippen molar-refractivity contribution in [3.63, 3.8) is 0 Å². The number of aryl methyl sites for hydroxylation is 4. The third-order valence-corrected chi connectivity index (χ3v) is 12.6. The summed E-state index contributed by atoms with van der Waals surface area (Å²) in [5, 5.41) is 0. The van der Waals surface area contributed by atoms with Gasteiger partial charge in [-0.15, -0.1) is 0 Å². The van der Waals surface area contributed by atoms with Crippen LogP contribution in [0, 0.1) is 42.5 Å². The predicted octanol–water partition coefficient (Wildman–Crippen LogP) is 8.63. The van der Waals surface area contributed by atoms with Gasteiger partial charge in [-0.3, -0.25) is 0 Å². The Morgan fingerprint density at radius 2 is 0.692 bits per heavy atom. The Kier molecular flexibility index (Phi) is 13.4. The van der Waals surface area contributed by atoms with Gasteiger partial charge in [0.05, 0.1) is 0 Å². The second-order valence-electron chi connectivity index (χ2n) is 10.2. The Morgan fingerprint density at radius 1 is 0.462 bits per heavy atom. The van der Waals surface area contributed by atoms with E-state index < -0.39 is 15.8 Å². The Balaban J connectivity index is 0.000000254. The van der Waals surface area contributed by atoms with Gasteiger partial charge in [-0.25, -0.2) is 0 Å². The van der Waals surface area contributed by atoms with Crippen molar-refractivity contribution in [3.05, 3.63) is 86.4 Å². The fourth-order valence-corrected chi connectivity index (χ4v) is 11.0. The molecule has 0 unspecified atom stereocenters. The summed E-state index contributed by atoms with van der Waals surface area (Å²) in [6.45, 7) is 8.05. The van der Waals surface area contributed by atoms with Crippen LogP contribution in [0.4, 0.5) is 0 Å². The molecule has 6 rings (SSSR count). The van der Waals surface area contributed by atoms with Crippen LogP contribution in [-0.4, -0.2) is 11.3 Å². The molecule has 0 aromatic carbocycles. The molecule has 2 aliphatic rings. The van der Waals surface area contributed by atoms with Crippen molar-refractivity contribution in [3.8, 4) is 0 Å². The summed E-state index contributed by atoms with van der Waals surface area (Å²) in [5.41, 5.74) is 5.98. The van der Waals surface area contributed by atoms with E-state index in [0.717, 1.165) is 56.4 Å². The first-order valence-electron chi connectivity index (χ1n) is 13.3. The van der Waals surface area contributed by atoms with Gasteiger partial charge in [0.25, 0.3) is 0 Å². The van der Waals surface area contributed by atoms with E-state index in [0.29, 0.717) is 0 Å². The number of rotatable bonds is 6. The van der Waals surface area contributed by atoms with Gasteiger partial charge in [0.15, 0.2) is 0 Å². The van der Waals surface area contributed by atoms with Crippen LogP contribution in [0.3, 0.4) is 0 Å². The summed E-state index contributed by atoms with van der Waals surface area (Å²) >= 11 is 0. The zero-order chi connectivity index (χ0) is 25.1. The normalized spacial score (nSPS) is 15.5. The van der Waals surface area contributed by atoms with Gasteiger partial charge in [0, 0.05) is 15.8 Å². The minimum Gasteiger partial charge on any atom is -0.461 e. The van der Waals surface area contributed by atoms with E-state index in [1.165, 1.54) is 51.4 Å². The molecule has 214 valence electrons. The smallest absolute Gasteiger partial charge is 0.461 e. The van der Waals surface area contributed by atoms with Crippen molar-refractivity contribution in [2.75, 3.05) is 0 Å². The van der Waals surface area contributed by atoms with Crippen molar-refractivity contribution >= 4 is 37.8 Å². The third kappa shape index (κ3) is 8.26. The van der Waals surface area contributed by atoms with Crippen LogP contribution in [0.2, 0.25) is 0 Å². The molecular formula is C32H44FeO4P2. The van der Waals surface area contributed by atoms with E-state index in [-0.39, 0.29) is 31.9 Å². The molecule has 4 heterocycles. The van der Waals surface area contributed by atoms with Crippen molar-refractivity contribution in [2.45, 2.75) is 90.4 Å². The van der Waals surface area contributed by atoms with E-state index in [4.69, 9.17) is 17.7 Å². The molecule has 4 nitrogen and oxygen atoms in total. The van der Waals surface area contributed by atoms with Crippen molar-refractivity contribution in [1.82, 2.24) is 0 Å². The molecule has 4 aromatic heterocycles. The van der Waals surface area contributed by atoms with Gasteiger partial charge in [0.2, 0.25) is 0 Å². The van der Waals surface area contributed by atoms with Crippen LogP contribution in [0.5, 0.6) is 0 Å². The van der Waals surface area contributed by atoms with Gasteiger partial charge >= 0.3 is 17.1 Å². The van der Waals surface area contributed by atoms with Crippen molar-refractivity contribution in [1.29, 1.82) is 0 Å². The molecule has 4 aromatic rings. The molecule has 2 aliphatic carbocycles. The van der Waals surface area contributed by atoms with Gasteiger partial charge < -0.3 is 32.5 Å². The summed E-state index contributed by atoms with van der Waals surface area (Å²) in [6.07, 6.45) is 10.6. The third-order valence-electron chi connectivity index (χ3n) is 7.23. The largest absolute Gasteiger partial charge is 2.00 e. The zero-order valence-electron chi connectivity index (χ0n) is 24.3. The number of furan rings is 4. The molecule has 0 bridgehead atoms. The van der Waals surface area contributed by atoms with Gasteiger partial charge in [0.1, 0.15) is 45.0 Å².